The number of benzene rings is 2. The minimum Gasteiger partial charge on any atom is -0.352 e. The Labute approximate surface area is 176 Å². The molecule has 0 aromatic heterocycles. The van der Waals surface area contributed by atoms with Crippen LogP contribution in [-0.2, 0) is 22.6 Å². The molecule has 2 aromatic rings. The van der Waals surface area contributed by atoms with Crippen molar-refractivity contribution in [3.05, 3.63) is 69.7 Å². The molecule has 28 heavy (non-hydrogen) atoms. The van der Waals surface area contributed by atoms with E-state index in [9.17, 15) is 9.59 Å². The quantitative estimate of drug-likeness (QED) is 0.644. The van der Waals surface area contributed by atoms with E-state index in [1.54, 1.807) is 11.8 Å². The van der Waals surface area contributed by atoms with Gasteiger partial charge in [0.05, 0.1) is 6.42 Å². The van der Waals surface area contributed by atoms with E-state index in [0.717, 1.165) is 27.6 Å². The molecule has 0 saturated carbocycles. The first-order valence-corrected chi connectivity index (χ1v) is 10.5. The summed E-state index contributed by atoms with van der Waals surface area (Å²) in [4.78, 5) is 27.5. The van der Waals surface area contributed by atoms with Gasteiger partial charge in [-0.3, -0.25) is 9.59 Å². The van der Waals surface area contributed by atoms with Crippen LogP contribution in [0.15, 0.2) is 53.0 Å². The Balaban J connectivity index is 2.20. The molecule has 1 N–H and O–H groups in total. The molecule has 0 unspecified atom stereocenters. The van der Waals surface area contributed by atoms with Crippen molar-refractivity contribution in [3.8, 4) is 0 Å². The molecule has 5 heteroatoms. The van der Waals surface area contributed by atoms with Gasteiger partial charge in [0, 0.05) is 17.1 Å². The van der Waals surface area contributed by atoms with E-state index < -0.39 is 6.04 Å². The van der Waals surface area contributed by atoms with Gasteiger partial charge in [-0.1, -0.05) is 64.8 Å². The van der Waals surface area contributed by atoms with Crippen molar-refractivity contribution in [2.45, 2.75) is 59.2 Å². The molecule has 4 nitrogen and oxygen atoms in total. The van der Waals surface area contributed by atoms with E-state index in [1.165, 1.54) is 0 Å². The number of nitrogens with one attached hydrogen (secondary N) is 1. The van der Waals surface area contributed by atoms with Crippen LogP contribution in [0.25, 0.3) is 0 Å². The van der Waals surface area contributed by atoms with Crippen molar-refractivity contribution in [2.24, 2.45) is 0 Å². The van der Waals surface area contributed by atoms with E-state index in [0.29, 0.717) is 6.54 Å². The molecule has 0 spiro atoms. The third-order valence-corrected chi connectivity index (χ3v) is 5.44. The lowest BCUT2D eigenvalue weighted by Crippen LogP contribution is -2.49. The van der Waals surface area contributed by atoms with Gasteiger partial charge in [-0.05, 0) is 50.5 Å². The van der Waals surface area contributed by atoms with Crippen LogP contribution in [0.2, 0.25) is 0 Å². The summed E-state index contributed by atoms with van der Waals surface area (Å²) in [6, 6.07) is 15.3. The van der Waals surface area contributed by atoms with Crippen LogP contribution >= 0.6 is 15.9 Å². The smallest absolute Gasteiger partial charge is 0.242 e. The summed E-state index contributed by atoms with van der Waals surface area (Å²) in [5, 5.41) is 2.99. The molecular weight excluding hydrogens is 416 g/mol. The summed E-state index contributed by atoms with van der Waals surface area (Å²) in [6.45, 7) is 8.21. The van der Waals surface area contributed by atoms with Crippen LogP contribution < -0.4 is 5.32 Å². The molecule has 0 fully saturated rings. The van der Waals surface area contributed by atoms with Gasteiger partial charge in [-0.15, -0.1) is 0 Å². The number of aryl methyl sites for hydroxylation is 1. The van der Waals surface area contributed by atoms with Crippen LogP contribution in [0.3, 0.4) is 0 Å². The molecule has 2 amide bonds. The molecule has 150 valence electrons. The largest absolute Gasteiger partial charge is 0.352 e. The van der Waals surface area contributed by atoms with Gasteiger partial charge in [-0.2, -0.15) is 0 Å². The maximum Gasteiger partial charge on any atom is 0.242 e. The number of rotatable bonds is 8. The Morgan fingerprint density at radius 3 is 2.14 bits per heavy atom. The molecule has 2 atom stereocenters. The number of carbonyl (C=O) groups is 2. The van der Waals surface area contributed by atoms with Crippen LogP contribution in [-0.4, -0.2) is 28.8 Å². The van der Waals surface area contributed by atoms with Gasteiger partial charge in [0.15, 0.2) is 0 Å². The normalized spacial score (nSPS) is 12.9. The molecule has 0 saturated heterocycles. The van der Waals surface area contributed by atoms with Crippen LogP contribution in [0, 0.1) is 6.92 Å². The highest BCUT2D eigenvalue weighted by Crippen LogP contribution is 2.16. The van der Waals surface area contributed by atoms with E-state index >= 15 is 0 Å². The number of carbonyl (C=O) groups excluding carboxylic acids is 2. The topological polar surface area (TPSA) is 49.4 Å². The van der Waals surface area contributed by atoms with E-state index in [-0.39, 0.29) is 24.3 Å². The Bertz CT molecular complexity index is 787. The molecule has 2 rings (SSSR count). The van der Waals surface area contributed by atoms with Crippen molar-refractivity contribution < 1.29 is 9.59 Å². The maximum atomic E-state index is 13.1. The lowest BCUT2D eigenvalue weighted by Gasteiger charge is -2.30. The highest BCUT2D eigenvalue weighted by Gasteiger charge is 2.26. The first kappa shape index (κ1) is 22.2. The SMILES string of the molecule is CC[C@H](C)NC(=O)[C@H](C)N(Cc1ccc(Br)cc1)C(=O)Cc1ccc(C)cc1. The van der Waals surface area contributed by atoms with Gasteiger partial charge < -0.3 is 10.2 Å². The number of hydrogen-bond acceptors (Lipinski definition) is 2. The van der Waals surface area contributed by atoms with Crippen molar-refractivity contribution in [3.63, 3.8) is 0 Å². The monoisotopic (exact) mass is 444 g/mol. The summed E-state index contributed by atoms with van der Waals surface area (Å²) in [6.07, 6.45) is 1.13. The molecule has 2 aromatic carbocycles. The summed E-state index contributed by atoms with van der Waals surface area (Å²) < 4.78 is 0.983. The van der Waals surface area contributed by atoms with Gasteiger partial charge in [0.2, 0.25) is 11.8 Å². The zero-order valence-corrected chi connectivity index (χ0v) is 18.6. The number of halogens is 1. The predicted molar refractivity (Wildman–Crippen MR) is 117 cm³/mol. The molecule has 0 aliphatic carbocycles. The Morgan fingerprint density at radius 1 is 1.00 bits per heavy atom. The van der Waals surface area contributed by atoms with Crippen molar-refractivity contribution in [1.29, 1.82) is 0 Å². The zero-order valence-electron chi connectivity index (χ0n) is 17.0. The molecule has 0 heterocycles. The van der Waals surface area contributed by atoms with Crippen LogP contribution in [0.5, 0.6) is 0 Å². The Morgan fingerprint density at radius 2 is 1.57 bits per heavy atom. The average Bonchev–Trinajstić information content (AvgIpc) is 2.68. The number of amides is 2. The minimum absolute atomic E-state index is 0.0569. The van der Waals surface area contributed by atoms with Gasteiger partial charge >= 0.3 is 0 Å². The van der Waals surface area contributed by atoms with Crippen LogP contribution in [0.1, 0.15) is 43.9 Å². The fourth-order valence-electron chi connectivity index (χ4n) is 2.82. The second kappa shape index (κ2) is 10.4. The minimum atomic E-state index is -0.546. The highest BCUT2D eigenvalue weighted by molar-refractivity contribution is 9.10. The van der Waals surface area contributed by atoms with Gasteiger partial charge in [0.1, 0.15) is 6.04 Å². The first-order chi connectivity index (χ1) is 13.3. The molecular formula is C23H29BrN2O2. The van der Waals surface area contributed by atoms with E-state index in [2.05, 4.69) is 21.2 Å². The van der Waals surface area contributed by atoms with Gasteiger partial charge in [0.25, 0.3) is 0 Å². The zero-order chi connectivity index (χ0) is 20.7. The van der Waals surface area contributed by atoms with Crippen LogP contribution in [0.4, 0.5) is 0 Å². The van der Waals surface area contributed by atoms with Crippen molar-refractivity contribution in [2.75, 3.05) is 0 Å². The third kappa shape index (κ3) is 6.48. The lowest BCUT2D eigenvalue weighted by molar-refractivity contribution is -0.140. The van der Waals surface area contributed by atoms with Gasteiger partial charge in [-0.25, -0.2) is 0 Å². The fourth-order valence-corrected chi connectivity index (χ4v) is 3.08. The summed E-state index contributed by atoms with van der Waals surface area (Å²) in [5.74, 6) is -0.178. The molecule has 0 bridgehead atoms. The average molecular weight is 445 g/mol. The molecule has 0 radical (unpaired) electrons. The summed E-state index contributed by atoms with van der Waals surface area (Å²) in [5.41, 5.74) is 3.10. The maximum absolute atomic E-state index is 13.1. The second-order valence-electron chi connectivity index (χ2n) is 7.30. The van der Waals surface area contributed by atoms with E-state index in [1.807, 2.05) is 69.3 Å². The highest BCUT2D eigenvalue weighted by atomic mass is 79.9. The van der Waals surface area contributed by atoms with E-state index in [4.69, 9.17) is 0 Å². The standard InChI is InChI=1S/C23H29BrN2O2/c1-5-17(3)25-23(28)18(4)26(15-20-10-12-21(24)13-11-20)22(27)14-19-8-6-16(2)7-9-19/h6-13,17-18H,5,14-15H2,1-4H3,(H,25,28)/t17-,18-/m0/s1. The van der Waals surface area contributed by atoms with Crippen molar-refractivity contribution >= 4 is 27.7 Å². The summed E-state index contributed by atoms with van der Waals surface area (Å²) in [7, 11) is 0. The molecule has 0 aliphatic rings. The fraction of sp³-hybridized carbons (Fsp3) is 0.391. The molecule has 0 aliphatic heterocycles. The summed E-state index contributed by atoms with van der Waals surface area (Å²) >= 11 is 3.43. The third-order valence-electron chi connectivity index (χ3n) is 4.91. The lowest BCUT2D eigenvalue weighted by atomic mass is 10.1. The number of hydrogen-bond donors (Lipinski definition) is 1. The number of nitrogens with zero attached hydrogens (tertiary/aromatic N) is 1. The predicted octanol–water partition coefficient (Wildman–Crippen LogP) is 4.63. The second-order valence-corrected chi connectivity index (χ2v) is 8.22. The Hall–Kier alpha value is -2.14. The first-order valence-electron chi connectivity index (χ1n) is 9.70. The van der Waals surface area contributed by atoms with Crippen molar-refractivity contribution in [1.82, 2.24) is 10.2 Å². The Kier molecular flexibility index (Phi) is 8.24.